The quantitative estimate of drug-likeness (QED) is 0.892. The molecular formula is C14H20FNOS. The Balaban J connectivity index is 2.26. The van der Waals surface area contributed by atoms with Gasteiger partial charge in [-0.1, -0.05) is 26.0 Å². The number of hydrogen-bond acceptors (Lipinski definition) is 3. The molecule has 0 radical (unpaired) electrons. The zero-order valence-electron chi connectivity index (χ0n) is 10.9. The molecule has 2 nitrogen and oxygen atoms in total. The number of halogens is 1. The molecule has 0 amide bonds. The third-order valence-electron chi connectivity index (χ3n) is 3.39. The summed E-state index contributed by atoms with van der Waals surface area (Å²) >= 11 is 1.93. The lowest BCUT2D eigenvalue weighted by molar-refractivity contribution is 0.281. The van der Waals surface area contributed by atoms with E-state index < -0.39 is 0 Å². The SMILES string of the molecule is CC1(C)CCN(c2c(F)cccc2CO)CCS1. The molecule has 1 aliphatic rings. The van der Waals surface area contributed by atoms with Gasteiger partial charge in [0.2, 0.25) is 0 Å². The summed E-state index contributed by atoms with van der Waals surface area (Å²) in [6.07, 6.45) is 1.02. The molecule has 1 aromatic rings. The van der Waals surface area contributed by atoms with Gasteiger partial charge in [-0.05, 0) is 12.5 Å². The maximum atomic E-state index is 14.0. The van der Waals surface area contributed by atoms with Gasteiger partial charge in [0, 0.05) is 29.2 Å². The van der Waals surface area contributed by atoms with Crippen LogP contribution in [0.15, 0.2) is 18.2 Å². The van der Waals surface area contributed by atoms with Gasteiger partial charge in [0.1, 0.15) is 5.82 Å². The number of anilines is 1. The molecule has 0 unspecified atom stereocenters. The molecular weight excluding hydrogens is 249 g/mol. The summed E-state index contributed by atoms with van der Waals surface area (Å²) < 4.78 is 14.2. The van der Waals surface area contributed by atoms with Crippen molar-refractivity contribution >= 4 is 17.4 Å². The number of aliphatic hydroxyl groups excluding tert-OH is 1. The van der Waals surface area contributed by atoms with Crippen LogP contribution in [0.1, 0.15) is 25.8 Å². The molecule has 100 valence electrons. The van der Waals surface area contributed by atoms with Crippen LogP contribution >= 0.6 is 11.8 Å². The highest BCUT2D eigenvalue weighted by atomic mass is 32.2. The van der Waals surface area contributed by atoms with E-state index >= 15 is 0 Å². The van der Waals surface area contributed by atoms with E-state index in [4.69, 9.17) is 0 Å². The van der Waals surface area contributed by atoms with Crippen LogP contribution < -0.4 is 4.90 Å². The van der Waals surface area contributed by atoms with E-state index in [0.717, 1.165) is 25.3 Å². The van der Waals surface area contributed by atoms with Gasteiger partial charge in [-0.2, -0.15) is 11.8 Å². The third kappa shape index (κ3) is 2.98. The summed E-state index contributed by atoms with van der Waals surface area (Å²) in [6, 6.07) is 4.92. The lowest BCUT2D eigenvalue weighted by atomic mass is 10.1. The van der Waals surface area contributed by atoms with Crippen molar-refractivity contribution in [1.82, 2.24) is 0 Å². The van der Waals surface area contributed by atoms with Crippen molar-refractivity contribution in [2.45, 2.75) is 31.6 Å². The Bertz CT molecular complexity index is 422. The van der Waals surface area contributed by atoms with Crippen molar-refractivity contribution in [2.75, 3.05) is 23.7 Å². The van der Waals surface area contributed by atoms with Gasteiger partial charge >= 0.3 is 0 Å². The monoisotopic (exact) mass is 269 g/mol. The van der Waals surface area contributed by atoms with Crippen LogP contribution in [0.4, 0.5) is 10.1 Å². The van der Waals surface area contributed by atoms with Crippen molar-refractivity contribution in [3.05, 3.63) is 29.6 Å². The predicted octanol–water partition coefficient (Wildman–Crippen LogP) is 3.04. The van der Waals surface area contributed by atoms with Gasteiger partial charge in [0.05, 0.1) is 12.3 Å². The first kappa shape index (κ1) is 13.7. The molecule has 0 aliphatic carbocycles. The summed E-state index contributed by atoms with van der Waals surface area (Å²) in [5.41, 5.74) is 1.26. The number of nitrogens with zero attached hydrogens (tertiary/aromatic N) is 1. The van der Waals surface area contributed by atoms with Crippen LogP contribution in [0.25, 0.3) is 0 Å². The largest absolute Gasteiger partial charge is 0.392 e. The van der Waals surface area contributed by atoms with Crippen LogP contribution in [-0.4, -0.2) is 28.7 Å². The van der Waals surface area contributed by atoms with Gasteiger partial charge < -0.3 is 10.0 Å². The zero-order chi connectivity index (χ0) is 13.2. The first-order valence-corrected chi connectivity index (χ1v) is 7.29. The van der Waals surface area contributed by atoms with E-state index in [1.54, 1.807) is 12.1 Å². The molecule has 0 spiro atoms. The van der Waals surface area contributed by atoms with E-state index in [1.807, 2.05) is 11.8 Å². The first-order chi connectivity index (χ1) is 8.53. The summed E-state index contributed by atoms with van der Waals surface area (Å²) in [6.45, 7) is 6.03. The first-order valence-electron chi connectivity index (χ1n) is 6.31. The number of para-hydroxylation sites is 1. The smallest absolute Gasteiger partial charge is 0.146 e. The van der Waals surface area contributed by atoms with Crippen molar-refractivity contribution in [3.63, 3.8) is 0 Å². The fraction of sp³-hybridized carbons (Fsp3) is 0.571. The summed E-state index contributed by atoms with van der Waals surface area (Å²) in [5.74, 6) is 0.762. The lowest BCUT2D eigenvalue weighted by Gasteiger charge is -2.26. The highest BCUT2D eigenvalue weighted by molar-refractivity contribution is 8.00. The molecule has 1 fully saturated rings. The second-order valence-electron chi connectivity index (χ2n) is 5.25. The molecule has 2 rings (SSSR count). The Morgan fingerprint density at radius 3 is 2.89 bits per heavy atom. The second-order valence-corrected chi connectivity index (χ2v) is 7.05. The predicted molar refractivity (Wildman–Crippen MR) is 75.7 cm³/mol. The molecule has 0 atom stereocenters. The fourth-order valence-corrected chi connectivity index (χ4v) is 3.39. The lowest BCUT2D eigenvalue weighted by Crippen LogP contribution is -2.28. The van der Waals surface area contributed by atoms with E-state index in [9.17, 15) is 9.50 Å². The van der Waals surface area contributed by atoms with E-state index in [-0.39, 0.29) is 17.2 Å². The van der Waals surface area contributed by atoms with Gasteiger partial charge in [0.15, 0.2) is 0 Å². The average Bonchev–Trinajstić information content (AvgIpc) is 2.50. The average molecular weight is 269 g/mol. The second kappa shape index (κ2) is 5.49. The van der Waals surface area contributed by atoms with E-state index in [2.05, 4.69) is 18.7 Å². The van der Waals surface area contributed by atoms with Crippen molar-refractivity contribution in [1.29, 1.82) is 0 Å². The van der Waals surface area contributed by atoms with Crippen LogP contribution in [0.3, 0.4) is 0 Å². The summed E-state index contributed by atoms with van der Waals surface area (Å²) in [4.78, 5) is 2.07. The molecule has 0 saturated carbocycles. The van der Waals surface area contributed by atoms with Gasteiger partial charge in [-0.25, -0.2) is 4.39 Å². The number of thioether (sulfide) groups is 1. The van der Waals surface area contributed by atoms with Crippen molar-refractivity contribution in [3.8, 4) is 0 Å². The minimum absolute atomic E-state index is 0.111. The maximum Gasteiger partial charge on any atom is 0.146 e. The molecule has 1 aliphatic heterocycles. The fourth-order valence-electron chi connectivity index (χ4n) is 2.29. The molecule has 1 saturated heterocycles. The third-order valence-corrected chi connectivity index (χ3v) is 4.77. The summed E-state index contributed by atoms with van der Waals surface area (Å²) in [5, 5.41) is 9.35. The van der Waals surface area contributed by atoms with E-state index in [0.29, 0.717) is 11.3 Å². The summed E-state index contributed by atoms with van der Waals surface area (Å²) in [7, 11) is 0. The van der Waals surface area contributed by atoms with Crippen molar-refractivity contribution in [2.24, 2.45) is 0 Å². The highest BCUT2D eigenvalue weighted by Gasteiger charge is 2.25. The molecule has 1 N–H and O–H groups in total. The Morgan fingerprint density at radius 2 is 2.17 bits per heavy atom. The highest BCUT2D eigenvalue weighted by Crippen LogP contribution is 2.34. The van der Waals surface area contributed by atoms with Gasteiger partial charge in [-0.3, -0.25) is 0 Å². The Kier molecular flexibility index (Phi) is 4.17. The van der Waals surface area contributed by atoms with Crippen LogP contribution in [0.5, 0.6) is 0 Å². The van der Waals surface area contributed by atoms with Gasteiger partial charge in [0.25, 0.3) is 0 Å². The standard InChI is InChI=1S/C14H20FNOS/c1-14(2)6-7-16(8-9-18-14)13-11(10-17)4-3-5-12(13)15/h3-5,17H,6-10H2,1-2H3. The maximum absolute atomic E-state index is 14.0. The molecule has 1 aromatic carbocycles. The Hall–Kier alpha value is -0.740. The molecule has 1 heterocycles. The van der Waals surface area contributed by atoms with Crippen LogP contribution in [0.2, 0.25) is 0 Å². The number of rotatable bonds is 2. The molecule has 4 heteroatoms. The van der Waals surface area contributed by atoms with Crippen LogP contribution in [0, 0.1) is 5.82 Å². The van der Waals surface area contributed by atoms with Crippen LogP contribution in [-0.2, 0) is 6.61 Å². The number of aliphatic hydroxyl groups is 1. The molecule has 0 aromatic heterocycles. The van der Waals surface area contributed by atoms with Gasteiger partial charge in [-0.15, -0.1) is 0 Å². The normalized spacial score (nSPS) is 19.7. The number of benzene rings is 1. The topological polar surface area (TPSA) is 23.5 Å². The molecule has 0 bridgehead atoms. The minimum Gasteiger partial charge on any atom is -0.392 e. The Morgan fingerprint density at radius 1 is 1.39 bits per heavy atom. The Labute approximate surface area is 112 Å². The zero-order valence-corrected chi connectivity index (χ0v) is 11.8. The van der Waals surface area contributed by atoms with Crippen molar-refractivity contribution < 1.29 is 9.50 Å². The molecule has 18 heavy (non-hydrogen) atoms. The minimum atomic E-state index is -0.230. The number of hydrogen-bond donors (Lipinski definition) is 1. The van der Waals surface area contributed by atoms with E-state index in [1.165, 1.54) is 6.07 Å².